The molecular formula is C15H18N2. The Morgan fingerprint density at radius 2 is 1.88 bits per heavy atom. The minimum Gasteiger partial charge on any atom is -0.330 e. The maximum atomic E-state index is 5.86. The number of nitrogens with two attached hydrogens (primary N) is 1. The number of aryl methyl sites for hydroxylation is 1. The maximum Gasteiger partial charge on any atom is 0.0410 e. The predicted octanol–water partition coefficient (Wildman–Crippen LogP) is 2.68. The first-order valence-corrected chi connectivity index (χ1v) is 5.96. The van der Waals surface area contributed by atoms with Crippen LogP contribution in [-0.2, 0) is 6.42 Å². The van der Waals surface area contributed by atoms with E-state index in [0.717, 1.165) is 12.1 Å². The third kappa shape index (κ3) is 3.14. The molecule has 2 aromatic rings. The fourth-order valence-electron chi connectivity index (χ4n) is 1.95. The summed E-state index contributed by atoms with van der Waals surface area (Å²) in [4.78, 5) is 4.35. The van der Waals surface area contributed by atoms with Crippen molar-refractivity contribution in [3.8, 4) is 0 Å². The van der Waals surface area contributed by atoms with Gasteiger partial charge in [-0.05, 0) is 37.6 Å². The zero-order valence-corrected chi connectivity index (χ0v) is 10.1. The average molecular weight is 226 g/mol. The van der Waals surface area contributed by atoms with Gasteiger partial charge in [0.05, 0.1) is 0 Å². The first-order chi connectivity index (χ1) is 8.29. The Bertz CT molecular complexity index is 448. The number of benzene rings is 1. The van der Waals surface area contributed by atoms with Gasteiger partial charge in [0, 0.05) is 17.8 Å². The summed E-state index contributed by atoms with van der Waals surface area (Å²) in [6, 6.07) is 14.6. The van der Waals surface area contributed by atoms with E-state index in [2.05, 4.69) is 42.2 Å². The van der Waals surface area contributed by atoms with Gasteiger partial charge in [-0.2, -0.15) is 0 Å². The lowest BCUT2D eigenvalue weighted by atomic mass is 9.93. The number of aromatic nitrogens is 1. The van der Waals surface area contributed by atoms with E-state index in [1.54, 1.807) is 0 Å². The van der Waals surface area contributed by atoms with Gasteiger partial charge in [0.2, 0.25) is 0 Å². The van der Waals surface area contributed by atoms with Crippen LogP contribution in [0.5, 0.6) is 0 Å². The van der Waals surface area contributed by atoms with Crippen molar-refractivity contribution < 1.29 is 0 Å². The van der Waals surface area contributed by atoms with Gasteiger partial charge < -0.3 is 5.73 Å². The molecule has 2 rings (SSSR count). The molecule has 1 aromatic carbocycles. The van der Waals surface area contributed by atoms with Crippen LogP contribution in [0.2, 0.25) is 0 Å². The zero-order chi connectivity index (χ0) is 12.1. The van der Waals surface area contributed by atoms with E-state index in [-0.39, 0.29) is 0 Å². The lowest BCUT2D eigenvalue weighted by Crippen LogP contribution is -2.15. The number of rotatable bonds is 4. The Hall–Kier alpha value is -1.67. The highest BCUT2D eigenvalue weighted by atomic mass is 14.7. The normalized spacial score (nSPS) is 12.4. The van der Waals surface area contributed by atoms with Crippen molar-refractivity contribution in [1.82, 2.24) is 4.98 Å². The molecule has 1 unspecified atom stereocenters. The number of hydrogen-bond acceptors (Lipinski definition) is 2. The summed E-state index contributed by atoms with van der Waals surface area (Å²) in [5, 5.41) is 0. The molecule has 0 fully saturated rings. The topological polar surface area (TPSA) is 38.9 Å². The smallest absolute Gasteiger partial charge is 0.0410 e. The van der Waals surface area contributed by atoms with E-state index in [4.69, 9.17) is 5.73 Å². The van der Waals surface area contributed by atoms with Gasteiger partial charge in [0.1, 0.15) is 0 Å². The second-order valence-corrected chi connectivity index (χ2v) is 4.37. The van der Waals surface area contributed by atoms with Crippen molar-refractivity contribution in [3.63, 3.8) is 0 Å². The fraction of sp³-hybridized carbons (Fsp3) is 0.267. The molecule has 2 N–H and O–H groups in total. The Labute approximate surface area is 103 Å². The molecule has 0 spiro atoms. The first kappa shape index (κ1) is 11.8. The summed E-state index contributed by atoms with van der Waals surface area (Å²) < 4.78 is 0. The van der Waals surface area contributed by atoms with E-state index in [9.17, 15) is 0 Å². The van der Waals surface area contributed by atoms with Crippen LogP contribution in [-0.4, -0.2) is 11.5 Å². The third-order valence-electron chi connectivity index (χ3n) is 3.01. The molecule has 1 atom stereocenters. The quantitative estimate of drug-likeness (QED) is 0.870. The van der Waals surface area contributed by atoms with E-state index in [1.807, 2.05) is 18.3 Å². The molecule has 2 heteroatoms. The predicted molar refractivity (Wildman–Crippen MR) is 70.9 cm³/mol. The highest BCUT2D eigenvalue weighted by molar-refractivity contribution is 5.26. The van der Waals surface area contributed by atoms with Crippen molar-refractivity contribution >= 4 is 0 Å². The number of pyridine rings is 1. The van der Waals surface area contributed by atoms with E-state index < -0.39 is 0 Å². The second kappa shape index (κ2) is 5.60. The summed E-state index contributed by atoms with van der Waals surface area (Å²) in [6.07, 6.45) is 2.73. The molecule has 2 nitrogen and oxygen atoms in total. The number of hydrogen-bond donors (Lipinski definition) is 1. The van der Waals surface area contributed by atoms with Gasteiger partial charge in [-0.1, -0.05) is 35.9 Å². The Balaban J connectivity index is 2.14. The lowest BCUT2D eigenvalue weighted by Gasteiger charge is -2.15. The van der Waals surface area contributed by atoms with Gasteiger partial charge in [-0.3, -0.25) is 4.98 Å². The van der Waals surface area contributed by atoms with Gasteiger partial charge in [-0.25, -0.2) is 0 Å². The van der Waals surface area contributed by atoms with Crippen LogP contribution >= 0.6 is 0 Å². The highest BCUT2D eigenvalue weighted by Gasteiger charge is 2.10. The van der Waals surface area contributed by atoms with Crippen molar-refractivity contribution in [2.75, 3.05) is 6.54 Å². The minimum absolute atomic E-state index is 0.352. The van der Waals surface area contributed by atoms with Crippen LogP contribution in [0.1, 0.15) is 22.7 Å². The molecular weight excluding hydrogens is 208 g/mol. The molecule has 0 aliphatic rings. The summed E-state index contributed by atoms with van der Waals surface area (Å²) in [5.74, 6) is 0.352. The maximum absolute atomic E-state index is 5.86. The molecule has 17 heavy (non-hydrogen) atoms. The van der Waals surface area contributed by atoms with Crippen LogP contribution in [0.25, 0.3) is 0 Å². The van der Waals surface area contributed by atoms with Gasteiger partial charge in [-0.15, -0.1) is 0 Å². The Kier molecular flexibility index (Phi) is 3.89. The summed E-state index contributed by atoms with van der Waals surface area (Å²) >= 11 is 0. The standard InChI is InChI=1S/C15H18N2/c1-12-5-7-13(8-6-12)14(11-16)10-15-4-2-3-9-17-15/h2-9,14H,10-11,16H2,1H3. The monoisotopic (exact) mass is 226 g/mol. The van der Waals surface area contributed by atoms with Crippen molar-refractivity contribution in [3.05, 3.63) is 65.5 Å². The molecule has 0 amide bonds. The van der Waals surface area contributed by atoms with Crippen LogP contribution in [0.3, 0.4) is 0 Å². The molecule has 0 saturated heterocycles. The molecule has 0 radical (unpaired) electrons. The SMILES string of the molecule is Cc1ccc(C(CN)Cc2ccccn2)cc1. The lowest BCUT2D eigenvalue weighted by molar-refractivity contribution is 0.682. The Morgan fingerprint density at radius 1 is 1.12 bits per heavy atom. The molecule has 88 valence electrons. The van der Waals surface area contributed by atoms with Crippen LogP contribution < -0.4 is 5.73 Å². The fourth-order valence-corrected chi connectivity index (χ4v) is 1.95. The largest absolute Gasteiger partial charge is 0.330 e. The average Bonchev–Trinajstić information content (AvgIpc) is 2.38. The first-order valence-electron chi connectivity index (χ1n) is 5.96. The van der Waals surface area contributed by atoms with Crippen molar-refractivity contribution in [2.24, 2.45) is 5.73 Å². The van der Waals surface area contributed by atoms with Crippen molar-refractivity contribution in [2.45, 2.75) is 19.3 Å². The van der Waals surface area contributed by atoms with E-state index in [0.29, 0.717) is 12.5 Å². The molecule has 0 aliphatic carbocycles. The third-order valence-corrected chi connectivity index (χ3v) is 3.01. The summed E-state index contributed by atoms with van der Waals surface area (Å²) in [6.45, 7) is 2.75. The van der Waals surface area contributed by atoms with Crippen LogP contribution in [0.4, 0.5) is 0 Å². The summed E-state index contributed by atoms with van der Waals surface area (Å²) in [5.41, 5.74) is 9.54. The molecule has 0 saturated carbocycles. The van der Waals surface area contributed by atoms with Crippen molar-refractivity contribution in [1.29, 1.82) is 0 Å². The number of nitrogens with zero attached hydrogens (tertiary/aromatic N) is 1. The van der Waals surface area contributed by atoms with Crippen LogP contribution in [0.15, 0.2) is 48.7 Å². The molecule has 1 aromatic heterocycles. The summed E-state index contributed by atoms with van der Waals surface area (Å²) in [7, 11) is 0. The highest BCUT2D eigenvalue weighted by Crippen LogP contribution is 2.19. The Morgan fingerprint density at radius 3 is 2.47 bits per heavy atom. The minimum atomic E-state index is 0.352. The molecule has 1 heterocycles. The molecule has 0 bridgehead atoms. The van der Waals surface area contributed by atoms with Gasteiger partial charge in [0.15, 0.2) is 0 Å². The molecule has 0 aliphatic heterocycles. The van der Waals surface area contributed by atoms with Gasteiger partial charge >= 0.3 is 0 Å². The second-order valence-electron chi connectivity index (χ2n) is 4.37. The van der Waals surface area contributed by atoms with Crippen LogP contribution in [0, 0.1) is 6.92 Å². The van der Waals surface area contributed by atoms with E-state index >= 15 is 0 Å². The van der Waals surface area contributed by atoms with Gasteiger partial charge in [0.25, 0.3) is 0 Å². The zero-order valence-electron chi connectivity index (χ0n) is 10.1. The van der Waals surface area contributed by atoms with E-state index in [1.165, 1.54) is 11.1 Å².